The molecule has 0 aliphatic carbocycles. The standard InChI is InChI=1S/C15H19FN4O2S/c1-12-15(11-17-18(12)2)23(21,22)20-9-7-19(8-10-20)14-6-4-3-5-13(14)16/h3-6,11H,7-10H2,1-2H3. The normalized spacial score (nSPS) is 16.7. The molecule has 1 aromatic carbocycles. The summed E-state index contributed by atoms with van der Waals surface area (Å²) in [7, 11) is -1.85. The smallest absolute Gasteiger partial charge is 0.246 e. The number of nitrogens with zero attached hydrogens (tertiary/aromatic N) is 4. The Balaban J connectivity index is 1.76. The summed E-state index contributed by atoms with van der Waals surface area (Å²) in [6.07, 6.45) is 1.38. The number of para-hydroxylation sites is 1. The van der Waals surface area contributed by atoms with Gasteiger partial charge in [-0.3, -0.25) is 4.68 Å². The Hall–Kier alpha value is -1.93. The molecule has 6 nitrogen and oxygen atoms in total. The molecule has 124 valence electrons. The molecule has 0 saturated carbocycles. The largest absolute Gasteiger partial charge is 0.367 e. The molecule has 0 amide bonds. The molecule has 1 aromatic heterocycles. The van der Waals surface area contributed by atoms with E-state index in [1.165, 1.54) is 16.6 Å². The van der Waals surface area contributed by atoms with E-state index in [-0.39, 0.29) is 10.7 Å². The minimum Gasteiger partial charge on any atom is -0.367 e. The summed E-state index contributed by atoms with van der Waals surface area (Å²) in [6, 6.07) is 6.55. The monoisotopic (exact) mass is 338 g/mol. The van der Waals surface area contributed by atoms with E-state index in [1.807, 2.05) is 4.90 Å². The third-order valence-electron chi connectivity index (χ3n) is 4.24. The number of piperazine rings is 1. The van der Waals surface area contributed by atoms with Crippen molar-refractivity contribution < 1.29 is 12.8 Å². The van der Waals surface area contributed by atoms with E-state index in [1.54, 1.807) is 36.9 Å². The van der Waals surface area contributed by atoms with Crippen LogP contribution in [0.5, 0.6) is 0 Å². The maximum atomic E-state index is 13.8. The lowest BCUT2D eigenvalue weighted by Gasteiger charge is -2.35. The Morgan fingerprint density at radius 2 is 1.78 bits per heavy atom. The number of hydrogen-bond donors (Lipinski definition) is 0. The highest BCUT2D eigenvalue weighted by atomic mass is 32.2. The fourth-order valence-electron chi connectivity index (χ4n) is 2.75. The van der Waals surface area contributed by atoms with Crippen LogP contribution in [0.1, 0.15) is 5.69 Å². The second kappa shape index (κ2) is 5.93. The number of rotatable bonds is 3. The van der Waals surface area contributed by atoms with Crippen LogP contribution in [0.4, 0.5) is 10.1 Å². The summed E-state index contributed by atoms with van der Waals surface area (Å²) >= 11 is 0. The quantitative estimate of drug-likeness (QED) is 0.848. The van der Waals surface area contributed by atoms with Crippen LogP contribution in [-0.4, -0.2) is 48.7 Å². The molecule has 2 heterocycles. The minimum absolute atomic E-state index is 0.236. The van der Waals surface area contributed by atoms with Gasteiger partial charge in [0.05, 0.1) is 17.6 Å². The first-order chi connectivity index (χ1) is 10.9. The van der Waals surface area contributed by atoms with Crippen molar-refractivity contribution in [3.8, 4) is 0 Å². The van der Waals surface area contributed by atoms with Crippen molar-refractivity contribution in [3.63, 3.8) is 0 Å². The van der Waals surface area contributed by atoms with E-state index in [2.05, 4.69) is 5.10 Å². The van der Waals surface area contributed by atoms with Gasteiger partial charge in [-0.05, 0) is 19.1 Å². The Morgan fingerprint density at radius 3 is 2.35 bits per heavy atom. The molecule has 0 unspecified atom stereocenters. The summed E-state index contributed by atoms with van der Waals surface area (Å²) in [5.74, 6) is -0.285. The molecule has 1 aliphatic heterocycles. The molecule has 2 aromatic rings. The van der Waals surface area contributed by atoms with E-state index in [0.717, 1.165) is 0 Å². The van der Waals surface area contributed by atoms with Crippen molar-refractivity contribution in [3.05, 3.63) is 42.0 Å². The molecular formula is C15H19FN4O2S. The molecule has 0 N–H and O–H groups in total. The number of hydrogen-bond acceptors (Lipinski definition) is 4. The fourth-order valence-corrected chi connectivity index (χ4v) is 4.36. The van der Waals surface area contributed by atoms with Gasteiger partial charge >= 0.3 is 0 Å². The Morgan fingerprint density at radius 1 is 1.13 bits per heavy atom. The van der Waals surface area contributed by atoms with Gasteiger partial charge in [0.25, 0.3) is 0 Å². The maximum absolute atomic E-state index is 13.8. The first-order valence-corrected chi connectivity index (χ1v) is 8.83. The van der Waals surface area contributed by atoms with Crippen LogP contribution in [-0.2, 0) is 17.1 Å². The molecule has 8 heteroatoms. The number of benzene rings is 1. The second-order valence-corrected chi connectivity index (χ2v) is 7.47. The first kappa shape index (κ1) is 15.9. The van der Waals surface area contributed by atoms with Crippen LogP contribution in [0.15, 0.2) is 35.4 Å². The van der Waals surface area contributed by atoms with E-state index in [9.17, 15) is 12.8 Å². The van der Waals surface area contributed by atoms with Gasteiger partial charge < -0.3 is 4.90 Å². The van der Waals surface area contributed by atoms with Gasteiger partial charge in [-0.15, -0.1) is 0 Å². The topological polar surface area (TPSA) is 58.4 Å². The van der Waals surface area contributed by atoms with Crippen molar-refractivity contribution in [2.75, 3.05) is 31.1 Å². The van der Waals surface area contributed by atoms with Gasteiger partial charge in [0.15, 0.2) is 0 Å². The second-order valence-electron chi connectivity index (χ2n) is 5.56. The van der Waals surface area contributed by atoms with Crippen molar-refractivity contribution in [2.24, 2.45) is 7.05 Å². The zero-order valence-corrected chi connectivity index (χ0v) is 13.9. The average molecular weight is 338 g/mol. The average Bonchev–Trinajstić information content (AvgIpc) is 2.88. The third-order valence-corrected chi connectivity index (χ3v) is 6.24. The van der Waals surface area contributed by atoms with Crippen molar-refractivity contribution in [1.29, 1.82) is 0 Å². The third kappa shape index (κ3) is 2.84. The molecular weight excluding hydrogens is 319 g/mol. The minimum atomic E-state index is -3.56. The molecule has 0 atom stereocenters. The van der Waals surface area contributed by atoms with E-state index in [0.29, 0.717) is 37.6 Å². The summed E-state index contributed by atoms with van der Waals surface area (Å²) in [5, 5.41) is 4.00. The summed E-state index contributed by atoms with van der Waals surface area (Å²) < 4.78 is 42.2. The van der Waals surface area contributed by atoms with Crippen LogP contribution in [0, 0.1) is 12.7 Å². The lowest BCUT2D eigenvalue weighted by molar-refractivity contribution is 0.383. The van der Waals surface area contributed by atoms with Crippen LogP contribution in [0.3, 0.4) is 0 Å². The van der Waals surface area contributed by atoms with Gasteiger partial charge in [-0.1, -0.05) is 12.1 Å². The van der Waals surface area contributed by atoms with E-state index >= 15 is 0 Å². The van der Waals surface area contributed by atoms with Crippen LogP contribution in [0.25, 0.3) is 0 Å². The molecule has 1 aliphatic rings. The molecule has 1 saturated heterocycles. The summed E-state index contributed by atoms with van der Waals surface area (Å²) in [5.41, 5.74) is 1.13. The fraction of sp³-hybridized carbons (Fsp3) is 0.400. The molecule has 0 bridgehead atoms. The number of aryl methyl sites for hydroxylation is 1. The molecule has 0 radical (unpaired) electrons. The zero-order valence-electron chi connectivity index (χ0n) is 13.1. The lowest BCUT2D eigenvalue weighted by Crippen LogP contribution is -2.49. The van der Waals surface area contributed by atoms with E-state index < -0.39 is 10.0 Å². The highest BCUT2D eigenvalue weighted by Gasteiger charge is 2.31. The zero-order chi connectivity index (χ0) is 16.6. The summed E-state index contributed by atoms with van der Waals surface area (Å²) in [4.78, 5) is 2.11. The highest BCUT2D eigenvalue weighted by Crippen LogP contribution is 2.24. The van der Waals surface area contributed by atoms with Crippen molar-refractivity contribution >= 4 is 15.7 Å². The van der Waals surface area contributed by atoms with Gasteiger partial charge in [0, 0.05) is 33.2 Å². The Labute approximate surface area is 135 Å². The predicted molar refractivity (Wildman–Crippen MR) is 85.3 cm³/mol. The van der Waals surface area contributed by atoms with Crippen LogP contribution >= 0.6 is 0 Å². The van der Waals surface area contributed by atoms with Gasteiger partial charge in [-0.2, -0.15) is 9.40 Å². The number of anilines is 1. The molecule has 3 rings (SSSR count). The number of sulfonamides is 1. The maximum Gasteiger partial charge on any atom is 0.246 e. The Kier molecular flexibility index (Phi) is 4.11. The summed E-state index contributed by atoms with van der Waals surface area (Å²) in [6.45, 7) is 3.30. The number of aromatic nitrogens is 2. The van der Waals surface area contributed by atoms with E-state index in [4.69, 9.17) is 0 Å². The SMILES string of the molecule is Cc1c(S(=O)(=O)N2CCN(c3ccccc3F)CC2)cnn1C. The predicted octanol–water partition coefficient (Wildman–Crippen LogP) is 1.38. The van der Waals surface area contributed by atoms with Crippen molar-refractivity contribution in [1.82, 2.24) is 14.1 Å². The van der Waals surface area contributed by atoms with Crippen molar-refractivity contribution in [2.45, 2.75) is 11.8 Å². The molecule has 0 spiro atoms. The van der Waals surface area contributed by atoms with Gasteiger partial charge in [0.2, 0.25) is 10.0 Å². The van der Waals surface area contributed by atoms with Gasteiger partial charge in [-0.25, -0.2) is 12.8 Å². The molecule has 1 fully saturated rings. The first-order valence-electron chi connectivity index (χ1n) is 7.39. The van der Waals surface area contributed by atoms with Crippen LogP contribution in [0.2, 0.25) is 0 Å². The molecule has 23 heavy (non-hydrogen) atoms. The Bertz CT molecular complexity index is 811. The van der Waals surface area contributed by atoms with Crippen LogP contribution < -0.4 is 4.90 Å². The number of halogens is 1. The van der Waals surface area contributed by atoms with Gasteiger partial charge in [0.1, 0.15) is 10.7 Å². The highest BCUT2D eigenvalue weighted by molar-refractivity contribution is 7.89. The lowest BCUT2D eigenvalue weighted by atomic mass is 10.2.